The van der Waals surface area contributed by atoms with E-state index in [1.807, 2.05) is 24.3 Å². The van der Waals surface area contributed by atoms with E-state index in [1.165, 1.54) is 10.5 Å². The highest BCUT2D eigenvalue weighted by molar-refractivity contribution is 6.46. The van der Waals surface area contributed by atoms with E-state index in [-0.39, 0.29) is 11.1 Å². The number of methoxy groups -OCH3 is 2. The molecule has 34 heavy (non-hydrogen) atoms. The molecule has 0 spiro atoms. The zero-order valence-electron chi connectivity index (χ0n) is 20.0. The highest BCUT2D eigenvalue weighted by Gasteiger charge is 2.40. The van der Waals surface area contributed by atoms with Crippen LogP contribution in [-0.4, -0.2) is 26.0 Å². The molecule has 4 rings (SSSR count). The van der Waals surface area contributed by atoms with Crippen LogP contribution in [0.1, 0.15) is 31.9 Å². The van der Waals surface area contributed by atoms with Gasteiger partial charge in [-0.3, -0.25) is 9.59 Å². The number of anilines is 2. The summed E-state index contributed by atoms with van der Waals surface area (Å²) in [6, 6.07) is 21.9. The lowest BCUT2D eigenvalue weighted by molar-refractivity contribution is -0.120. The topological polar surface area (TPSA) is 67.9 Å². The van der Waals surface area contributed by atoms with Crippen molar-refractivity contribution in [1.82, 2.24) is 0 Å². The number of carbonyl (C=O) groups is 2. The largest absolute Gasteiger partial charge is 0.497 e. The van der Waals surface area contributed by atoms with Gasteiger partial charge in [0.1, 0.15) is 17.2 Å². The normalized spacial score (nSPS) is 14.0. The van der Waals surface area contributed by atoms with Crippen LogP contribution in [0.25, 0.3) is 5.57 Å². The molecule has 6 heteroatoms. The third kappa shape index (κ3) is 4.39. The molecule has 3 aromatic rings. The number of hydrogen-bond acceptors (Lipinski definition) is 5. The Bertz CT molecular complexity index is 1250. The van der Waals surface area contributed by atoms with Crippen molar-refractivity contribution in [2.75, 3.05) is 24.4 Å². The molecule has 0 saturated carbocycles. The number of carbonyl (C=O) groups excluding carboxylic acids is 2. The van der Waals surface area contributed by atoms with E-state index in [0.29, 0.717) is 28.3 Å². The smallest absolute Gasteiger partial charge is 0.282 e. The predicted molar refractivity (Wildman–Crippen MR) is 134 cm³/mol. The molecular weight excluding hydrogens is 428 g/mol. The molecule has 1 aliphatic rings. The lowest BCUT2D eigenvalue weighted by Gasteiger charge is -2.19. The van der Waals surface area contributed by atoms with Crippen molar-refractivity contribution in [3.8, 4) is 11.5 Å². The number of imide groups is 1. The summed E-state index contributed by atoms with van der Waals surface area (Å²) in [5, 5.41) is 3.21. The molecule has 6 nitrogen and oxygen atoms in total. The van der Waals surface area contributed by atoms with Crippen LogP contribution < -0.4 is 19.7 Å². The molecular formula is C28H28N2O4. The van der Waals surface area contributed by atoms with Gasteiger partial charge >= 0.3 is 0 Å². The standard InChI is InChI=1S/C28H28N2O4/c1-28(2,3)19-11-13-20(14-12-19)29-25-24(18-9-15-22(33-4)16-10-18)26(31)30(27(25)32)21-7-6-8-23(17-21)34-5/h6-17,29H,1-5H3. The first-order chi connectivity index (χ1) is 16.2. The number of nitrogens with one attached hydrogen (secondary N) is 1. The van der Waals surface area contributed by atoms with E-state index in [0.717, 1.165) is 5.69 Å². The molecule has 174 valence electrons. The predicted octanol–water partition coefficient (Wildman–Crippen LogP) is 5.40. The maximum Gasteiger partial charge on any atom is 0.282 e. The van der Waals surface area contributed by atoms with Crippen molar-refractivity contribution in [1.29, 1.82) is 0 Å². The Kier molecular flexibility index (Phi) is 6.16. The second-order valence-corrected chi connectivity index (χ2v) is 9.08. The van der Waals surface area contributed by atoms with Crippen molar-refractivity contribution in [3.63, 3.8) is 0 Å². The van der Waals surface area contributed by atoms with Crippen LogP contribution in [0.15, 0.2) is 78.5 Å². The fraction of sp³-hybridized carbons (Fsp3) is 0.214. The number of ether oxygens (including phenoxy) is 2. The minimum Gasteiger partial charge on any atom is -0.497 e. The van der Waals surface area contributed by atoms with E-state index < -0.39 is 11.8 Å². The Balaban J connectivity index is 1.77. The van der Waals surface area contributed by atoms with E-state index in [1.54, 1.807) is 62.8 Å². The molecule has 0 unspecified atom stereocenters. The van der Waals surface area contributed by atoms with E-state index >= 15 is 0 Å². The van der Waals surface area contributed by atoms with Crippen LogP contribution >= 0.6 is 0 Å². The minimum absolute atomic E-state index is 0.00829. The number of hydrogen-bond donors (Lipinski definition) is 1. The first-order valence-corrected chi connectivity index (χ1v) is 11.0. The van der Waals surface area contributed by atoms with Crippen molar-refractivity contribution >= 4 is 28.8 Å². The monoisotopic (exact) mass is 456 g/mol. The van der Waals surface area contributed by atoms with Gasteiger partial charge in [-0.15, -0.1) is 0 Å². The van der Waals surface area contributed by atoms with Crippen LogP contribution in [0.3, 0.4) is 0 Å². The molecule has 2 amide bonds. The molecule has 3 aromatic carbocycles. The van der Waals surface area contributed by atoms with E-state index in [4.69, 9.17) is 9.47 Å². The second-order valence-electron chi connectivity index (χ2n) is 9.08. The van der Waals surface area contributed by atoms with Gasteiger partial charge in [0.2, 0.25) is 0 Å². The maximum absolute atomic E-state index is 13.6. The maximum atomic E-state index is 13.6. The van der Waals surface area contributed by atoms with E-state index in [9.17, 15) is 9.59 Å². The minimum atomic E-state index is -0.427. The quantitative estimate of drug-likeness (QED) is 0.503. The highest BCUT2D eigenvalue weighted by atomic mass is 16.5. The van der Waals surface area contributed by atoms with Crippen LogP contribution in [0.2, 0.25) is 0 Å². The highest BCUT2D eigenvalue weighted by Crippen LogP contribution is 2.35. The van der Waals surface area contributed by atoms with Gasteiger partial charge in [0.25, 0.3) is 11.8 Å². The second kappa shape index (κ2) is 9.06. The van der Waals surface area contributed by atoms with Gasteiger partial charge in [0.15, 0.2) is 0 Å². The van der Waals surface area contributed by atoms with Crippen molar-refractivity contribution in [3.05, 3.63) is 89.6 Å². The zero-order chi connectivity index (χ0) is 24.5. The van der Waals surface area contributed by atoms with Crippen LogP contribution in [-0.2, 0) is 15.0 Å². The lowest BCUT2D eigenvalue weighted by atomic mass is 9.87. The third-order valence-electron chi connectivity index (χ3n) is 5.79. The molecule has 0 atom stereocenters. The number of nitrogens with zero attached hydrogens (tertiary/aromatic N) is 1. The molecule has 0 aromatic heterocycles. The fourth-order valence-corrected chi connectivity index (χ4v) is 3.85. The summed E-state index contributed by atoms with van der Waals surface area (Å²) in [5.74, 6) is 0.391. The summed E-state index contributed by atoms with van der Waals surface area (Å²) in [5.41, 5.74) is 3.50. The van der Waals surface area contributed by atoms with E-state index in [2.05, 4.69) is 26.1 Å². The average Bonchev–Trinajstić information content (AvgIpc) is 3.08. The summed E-state index contributed by atoms with van der Waals surface area (Å²) < 4.78 is 10.5. The number of amides is 2. The van der Waals surface area contributed by atoms with Crippen molar-refractivity contribution < 1.29 is 19.1 Å². The Morgan fingerprint density at radius 2 is 1.41 bits per heavy atom. The molecule has 0 bridgehead atoms. The summed E-state index contributed by atoms with van der Waals surface area (Å²) in [7, 11) is 3.12. The number of rotatable bonds is 6. The Morgan fingerprint density at radius 1 is 0.765 bits per heavy atom. The fourth-order valence-electron chi connectivity index (χ4n) is 3.85. The molecule has 0 fully saturated rings. The summed E-state index contributed by atoms with van der Waals surface area (Å²) in [6.07, 6.45) is 0. The molecule has 0 radical (unpaired) electrons. The van der Waals surface area contributed by atoms with Crippen LogP contribution in [0, 0.1) is 0 Å². The zero-order valence-corrected chi connectivity index (χ0v) is 20.0. The van der Waals surface area contributed by atoms with Gasteiger partial charge in [-0.1, -0.05) is 51.1 Å². The summed E-state index contributed by atoms with van der Waals surface area (Å²) in [4.78, 5) is 28.3. The van der Waals surface area contributed by atoms with Gasteiger partial charge < -0.3 is 14.8 Å². The van der Waals surface area contributed by atoms with Crippen LogP contribution in [0.4, 0.5) is 11.4 Å². The van der Waals surface area contributed by atoms with Gasteiger partial charge in [-0.2, -0.15) is 0 Å². The first-order valence-electron chi connectivity index (χ1n) is 11.0. The lowest BCUT2D eigenvalue weighted by Crippen LogP contribution is -2.32. The van der Waals surface area contributed by atoms with Gasteiger partial charge in [-0.25, -0.2) is 4.90 Å². The van der Waals surface area contributed by atoms with Gasteiger partial charge in [-0.05, 0) is 52.9 Å². The number of benzene rings is 3. The Hall–Kier alpha value is -4.06. The SMILES string of the molecule is COc1ccc(C2=C(Nc3ccc(C(C)(C)C)cc3)C(=O)N(c3cccc(OC)c3)C2=O)cc1. The first kappa shape index (κ1) is 23.1. The van der Waals surface area contributed by atoms with Crippen molar-refractivity contribution in [2.45, 2.75) is 26.2 Å². The average molecular weight is 457 g/mol. The summed E-state index contributed by atoms with van der Waals surface area (Å²) in [6.45, 7) is 6.43. The van der Waals surface area contributed by atoms with Gasteiger partial charge in [0.05, 0.1) is 25.5 Å². The van der Waals surface area contributed by atoms with Crippen molar-refractivity contribution in [2.24, 2.45) is 0 Å². The molecule has 0 aliphatic carbocycles. The van der Waals surface area contributed by atoms with Crippen LogP contribution in [0.5, 0.6) is 11.5 Å². The Morgan fingerprint density at radius 3 is 2.00 bits per heavy atom. The third-order valence-corrected chi connectivity index (χ3v) is 5.79. The Labute approximate surface area is 199 Å². The molecule has 1 heterocycles. The van der Waals surface area contributed by atoms with Gasteiger partial charge in [0, 0.05) is 11.8 Å². The molecule has 1 N–H and O–H groups in total. The summed E-state index contributed by atoms with van der Waals surface area (Å²) >= 11 is 0. The molecule has 1 aliphatic heterocycles. The molecule has 0 saturated heterocycles.